The van der Waals surface area contributed by atoms with Crippen molar-refractivity contribution in [2.24, 2.45) is 0 Å². The largest absolute Gasteiger partial charge is 0.363 e. The highest BCUT2D eigenvalue weighted by molar-refractivity contribution is 7.80. The average molecular weight is 352 g/mol. The van der Waals surface area contributed by atoms with Crippen LogP contribution in [0.2, 0.25) is 0 Å². The summed E-state index contributed by atoms with van der Waals surface area (Å²) in [5, 5.41) is 9.14. The van der Waals surface area contributed by atoms with Gasteiger partial charge in [-0.25, -0.2) is 0 Å². The molecular formula is C16H21N2O3PS. The topological polar surface area (TPSA) is 81.6 Å². The van der Waals surface area contributed by atoms with Crippen molar-refractivity contribution in [3.05, 3.63) is 48.0 Å². The Kier molecular flexibility index (Phi) is 6.54. The standard InChI is InChI=1S/C16H21N2O3PS/c19-22(20,21)10-4-3-9-17-16(23)18-12-13-7-8-14-5-1-2-6-15(14)11-13/h1-2,5-8,11H,3-4,9-10,12H2,(H2,17,18,23)(H2,19,20,21). The summed E-state index contributed by atoms with van der Waals surface area (Å²) in [4.78, 5) is 17.5. The van der Waals surface area contributed by atoms with Crippen LogP contribution in [0.5, 0.6) is 0 Å². The molecule has 2 rings (SSSR count). The normalized spacial score (nSPS) is 11.4. The molecule has 4 N–H and O–H groups in total. The molecule has 2 aromatic rings. The van der Waals surface area contributed by atoms with Crippen molar-refractivity contribution in [3.63, 3.8) is 0 Å². The van der Waals surface area contributed by atoms with Crippen molar-refractivity contribution < 1.29 is 14.4 Å². The van der Waals surface area contributed by atoms with Gasteiger partial charge in [-0.1, -0.05) is 36.4 Å². The molecule has 0 aliphatic rings. The second kappa shape index (κ2) is 8.41. The molecule has 0 unspecified atom stereocenters. The van der Waals surface area contributed by atoms with E-state index in [1.165, 1.54) is 10.8 Å². The fourth-order valence-corrected chi connectivity index (χ4v) is 3.05. The first-order chi connectivity index (χ1) is 10.9. The van der Waals surface area contributed by atoms with E-state index in [1.54, 1.807) is 0 Å². The van der Waals surface area contributed by atoms with Crippen molar-refractivity contribution in [3.8, 4) is 0 Å². The fourth-order valence-electron chi connectivity index (χ4n) is 2.24. The molecule has 5 nitrogen and oxygen atoms in total. The van der Waals surface area contributed by atoms with Crippen LogP contribution in [0.25, 0.3) is 10.8 Å². The molecular weight excluding hydrogens is 331 g/mol. The summed E-state index contributed by atoms with van der Waals surface area (Å²) in [6, 6.07) is 14.5. The second-order valence-electron chi connectivity index (χ2n) is 5.39. The zero-order chi connectivity index (χ0) is 16.7. The third-order valence-corrected chi connectivity index (χ3v) is 4.62. The van der Waals surface area contributed by atoms with Gasteiger partial charge in [0.1, 0.15) is 0 Å². The zero-order valence-electron chi connectivity index (χ0n) is 12.7. The van der Waals surface area contributed by atoms with Gasteiger partial charge in [-0.15, -0.1) is 0 Å². The second-order valence-corrected chi connectivity index (χ2v) is 7.57. The van der Waals surface area contributed by atoms with Gasteiger partial charge in [-0.05, 0) is 47.5 Å². The van der Waals surface area contributed by atoms with Gasteiger partial charge < -0.3 is 20.4 Å². The van der Waals surface area contributed by atoms with E-state index in [-0.39, 0.29) is 6.16 Å². The molecule has 7 heteroatoms. The van der Waals surface area contributed by atoms with Crippen molar-refractivity contribution in [2.45, 2.75) is 19.4 Å². The van der Waals surface area contributed by atoms with Gasteiger partial charge in [-0.3, -0.25) is 4.57 Å². The lowest BCUT2D eigenvalue weighted by Gasteiger charge is -2.11. The van der Waals surface area contributed by atoms with Gasteiger partial charge in [0.05, 0.1) is 0 Å². The van der Waals surface area contributed by atoms with E-state index in [4.69, 9.17) is 22.0 Å². The van der Waals surface area contributed by atoms with Crippen molar-refractivity contribution in [2.75, 3.05) is 12.7 Å². The summed E-state index contributed by atoms with van der Waals surface area (Å²) < 4.78 is 10.7. The lowest BCUT2D eigenvalue weighted by Crippen LogP contribution is -2.35. The number of unbranched alkanes of at least 4 members (excludes halogenated alkanes) is 1. The maximum absolute atomic E-state index is 10.7. The molecule has 0 atom stereocenters. The Morgan fingerprint density at radius 3 is 2.52 bits per heavy atom. The summed E-state index contributed by atoms with van der Waals surface area (Å²) in [6.45, 7) is 1.24. The van der Waals surface area contributed by atoms with Crippen molar-refractivity contribution in [1.82, 2.24) is 10.6 Å². The van der Waals surface area contributed by atoms with Gasteiger partial charge >= 0.3 is 7.60 Å². The van der Waals surface area contributed by atoms with Crippen LogP contribution < -0.4 is 10.6 Å². The third-order valence-electron chi connectivity index (χ3n) is 3.43. The van der Waals surface area contributed by atoms with Crippen molar-refractivity contribution >= 4 is 35.7 Å². The highest BCUT2D eigenvalue weighted by Crippen LogP contribution is 2.35. The molecule has 0 amide bonds. The minimum atomic E-state index is -3.88. The van der Waals surface area contributed by atoms with E-state index < -0.39 is 7.60 Å². The van der Waals surface area contributed by atoms with E-state index in [2.05, 4.69) is 41.0 Å². The molecule has 0 spiro atoms. The predicted octanol–water partition coefficient (Wildman–Crippen LogP) is 2.76. The first kappa shape index (κ1) is 17.9. The maximum atomic E-state index is 10.7. The Labute approximate surface area is 141 Å². The maximum Gasteiger partial charge on any atom is 0.325 e. The smallest absolute Gasteiger partial charge is 0.325 e. The molecule has 0 fully saturated rings. The SMILES string of the molecule is O=P(O)(O)CCCCNC(=S)NCc1ccc2ccccc2c1. The van der Waals surface area contributed by atoms with Crippen LogP contribution in [0.1, 0.15) is 18.4 Å². The van der Waals surface area contributed by atoms with Crippen LogP contribution in [-0.2, 0) is 11.1 Å². The summed E-state index contributed by atoms with van der Waals surface area (Å²) in [6.07, 6.45) is 1.07. The number of hydrogen-bond acceptors (Lipinski definition) is 2. The molecule has 0 saturated carbocycles. The summed E-state index contributed by atoms with van der Waals surface area (Å²) in [7, 11) is -3.88. The molecule has 0 bridgehead atoms. The van der Waals surface area contributed by atoms with Gasteiger partial charge in [0.25, 0.3) is 0 Å². The van der Waals surface area contributed by atoms with Crippen LogP contribution in [0, 0.1) is 0 Å². The van der Waals surface area contributed by atoms with Crippen LogP contribution in [0.4, 0.5) is 0 Å². The number of thiocarbonyl (C=S) groups is 1. The molecule has 124 valence electrons. The molecule has 0 aliphatic heterocycles. The average Bonchev–Trinajstić information content (AvgIpc) is 2.51. The van der Waals surface area contributed by atoms with E-state index >= 15 is 0 Å². The number of fused-ring (bicyclic) bond motifs is 1. The predicted molar refractivity (Wildman–Crippen MR) is 97.5 cm³/mol. The van der Waals surface area contributed by atoms with E-state index in [0.717, 1.165) is 5.56 Å². The van der Waals surface area contributed by atoms with Gasteiger partial charge in [0, 0.05) is 19.3 Å². The van der Waals surface area contributed by atoms with Crippen LogP contribution >= 0.6 is 19.8 Å². The number of hydrogen-bond donors (Lipinski definition) is 4. The number of nitrogens with one attached hydrogen (secondary N) is 2. The Morgan fingerprint density at radius 1 is 1.04 bits per heavy atom. The molecule has 0 radical (unpaired) electrons. The summed E-state index contributed by atoms with van der Waals surface area (Å²) in [5.41, 5.74) is 1.15. The molecule has 0 saturated heterocycles. The third kappa shape index (κ3) is 6.67. The highest BCUT2D eigenvalue weighted by Gasteiger charge is 2.11. The van der Waals surface area contributed by atoms with Crippen LogP contribution in [0.15, 0.2) is 42.5 Å². The minimum absolute atomic E-state index is 0.0774. The molecule has 0 heterocycles. The Balaban J connectivity index is 1.70. The summed E-state index contributed by atoms with van der Waals surface area (Å²) in [5.74, 6) is 0. The van der Waals surface area contributed by atoms with Crippen LogP contribution in [-0.4, -0.2) is 27.6 Å². The van der Waals surface area contributed by atoms with Crippen LogP contribution in [0.3, 0.4) is 0 Å². The quantitative estimate of drug-likeness (QED) is 0.349. The first-order valence-corrected chi connectivity index (χ1v) is 9.68. The van der Waals surface area contributed by atoms with Crippen molar-refractivity contribution in [1.29, 1.82) is 0 Å². The Hall–Kier alpha value is -1.46. The zero-order valence-corrected chi connectivity index (χ0v) is 14.4. The Bertz CT molecular complexity index is 717. The molecule has 2 aromatic carbocycles. The molecule has 23 heavy (non-hydrogen) atoms. The number of rotatable bonds is 7. The number of benzene rings is 2. The van der Waals surface area contributed by atoms with Gasteiger partial charge in [0.2, 0.25) is 0 Å². The van der Waals surface area contributed by atoms with Gasteiger partial charge in [0.15, 0.2) is 5.11 Å². The van der Waals surface area contributed by atoms with E-state index in [9.17, 15) is 4.57 Å². The molecule has 0 aromatic heterocycles. The summed E-state index contributed by atoms with van der Waals surface area (Å²) >= 11 is 5.20. The minimum Gasteiger partial charge on any atom is -0.363 e. The molecule has 0 aliphatic carbocycles. The van der Waals surface area contributed by atoms with E-state index in [0.29, 0.717) is 31.0 Å². The first-order valence-electron chi connectivity index (χ1n) is 7.48. The fraction of sp³-hybridized carbons (Fsp3) is 0.312. The monoisotopic (exact) mass is 352 g/mol. The van der Waals surface area contributed by atoms with Gasteiger partial charge in [-0.2, -0.15) is 0 Å². The Morgan fingerprint density at radius 2 is 1.78 bits per heavy atom. The lowest BCUT2D eigenvalue weighted by atomic mass is 10.1. The van der Waals surface area contributed by atoms with E-state index in [1.807, 2.05) is 12.1 Å². The highest BCUT2D eigenvalue weighted by atomic mass is 32.1. The lowest BCUT2D eigenvalue weighted by molar-refractivity contribution is 0.371.